The van der Waals surface area contributed by atoms with E-state index in [-0.39, 0.29) is 25.3 Å². The van der Waals surface area contributed by atoms with E-state index in [1.165, 1.54) is 0 Å². The summed E-state index contributed by atoms with van der Waals surface area (Å²) < 4.78 is 0. The molecule has 180 valence electrons. The van der Waals surface area contributed by atoms with E-state index in [9.17, 15) is 28.8 Å². The minimum atomic E-state index is -1.86. The molecule has 3 atom stereocenters. The van der Waals surface area contributed by atoms with Crippen molar-refractivity contribution in [1.82, 2.24) is 16.0 Å². The van der Waals surface area contributed by atoms with Gasteiger partial charge in [0.1, 0.15) is 18.1 Å². The van der Waals surface area contributed by atoms with Crippen LogP contribution in [0.2, 0.25) is 0 Å². The van der Waals surface area contributed by atoms with Gasteiger partial charge in [-0.2, -0.15) is 0 Å². The number of carbonyl (C=O) groups is 6. The lowest BCUT2D eigenvalue weighted by Crippen LogP contribution is -2.56. The Bertz CT molecular complexity index is 752. The molecule has 0 radical (unpaired) electrons. The van der Waals surface area contributed by atoms with Crippen LogP contribution in [0.25, 0.3) is 0 Å². The van der Waals surface area contributed by atoms with E-state index in [1.54, 1.807) is 0 Å². The number of aliphatic carboxylic acids is 3. The average molecular weight is 461 g/mol. The van der Waals surface area contributed by atoms with Crippen LogP contribution in [0.1, 0.15) is 25.7 Å². The second-order valence-electron chi connectivity index (χ2n) is 6.43. The predicted octanol–water partition coefficient (Wildman–Crippen LogP) is -4.51. The number of hydrogen-bond donors (Lipinski definition) is 9. The first-order valence-corrected chi connectivity index (χ1v) is 9.19. The molecule has 0 bridgehead atoms. The highest BCUT2D eigenvalue weighted by Crippen LogP contribution is 2.03. The Morgan fingerprint density at radius 2 is 1.28 bits per heavy atom. The zero-order valence-corrected chi connectivity index (χ0v) is 16.9. The summed E-state index contributed by atoms with van der Waals surface area (Å²) in [6.07, 6.45) is -1.71. The molecule has 0 heterocycles. The molecule has 0 spiro atoms. The third-order valence-electron chi connectivity index (χ3n) is 3.79. The van der Waals surface area contributed by atoms with E-state index in [0.29, 0.717) is 0 Å². The second kappa shape index (κ2) is 14.1. The third kappa shape index (κ3) is 11.9. The summed E-state index contributed by atoms with van der Waals surface area (Å²) in [6.45, 7) is -0.342. The minimum Gasteiger partial charge on any atom is -0.481 e. The summed E-state index contributed by atoms with van der Waals surface area (Å²) in [6, 6.07) is -4.86. The summed E-state index contributed by atoms with van der Waals surface area (Å²) in [4.78, 5) is 73.2. The molecule has 32 heavy (non-hydrogen) atoms. The minimum absolute atomic E-state index is 0.00741. The van der Waals surface area contributed by atoms with Gasteiger partial charge in [-0.3, -0.25) is 29.0 Å². The van der Waals surface area contributed by atoms with Crippen molar-refractivity contribution in [2.45, 2.75) is 43.8 Å². The smallest absolute Gasteiger partial charge is 0.326 e. The number of carbonyl (C=O) groups excluding carboxylic acids is 3. The fourth-order valence-electron chi connectivity index (χ4n) is 2.33. The quantitative estimate of drug-likeness (QED) is 0.0633. The Labute approximate surface area is 181 Å². The van der Waals surface area contributed by atoms with Crippen LogP contribution in [0.15, 0.2) is 4.99 Å². The first-order valence-electron chi connectivity index (χ1n) is 9.19. The van der Waals surface area contributed by atoms with Crippen LogP contribution in [0.5, 0.6) is 0 Å². The fraction of sp³-hybridized carbons (Fsp3) is 0.562. The molecule has 0 rings (SSSR count). The number of rotatable bonds is 15. The molecule has 0 aliphatic carbocycles. The highest BCUT2D eigenvalue weighted by atomic mass is 16.4. The number of hydrogen-bond acceptors (Lipinski definition) is 8. The maximum absolute atomic E-state index is 12.6. The molecule has 0 aliphatic heterocycles. The Hall–Kier alpha value is -3.95. The lowest BCUT2D eigenvalue weighted by Gasteiger charge is -2.23. The second-order valence-corrected chi connectivity index (χ2v) is 6.43. The van der Waals surface area contributed by atoms with Crippen molar-refractivity contribution in [3.8, 4) is 0 Å². The molecule has 3 unspecified atom stereocenters. The molecule has 0 saturated heterocycles. The highest BCUT2D eigenvalue weighted by molar-refractivity contribution is 5.95. The van der Waals surface area contributed by atoms with Gasteiger partial charge in [0.2, 0.25) is 17.7 Å². The van der Waals surface area contributed by atoms with Crippen LogP contribution in [0, 0.1) is 0 Å². The Morgan fingerprint density at radius 3 is 1.75 bits per heavy atom. The first kappa shape index (κ1) is 28.0. The van der Waals surface area contributed by atoms with Gasteiger partial charge in [-0.05, 0) is 12.8 Å². The number of carboxylic acid groups (broad SMARTS) is 3. The normalized spacial score (nSPS) is 13.0. The number of carboxylic acids is 3. The molecule has 12 N–H and O–H groups in total. The van der Waals surface area contributed by atoms with Crippen molar-refractivity contribution in [3.63, 3.8) is 0 Å². The maximum Gasteiger partial charge on any atom is 0.326 e. The van der Waals surface area contributed by atoms with Gasteiger partial charge in [0.05, 0.1) is 19.4 Å². The standard InChI is InChI=1S/C16H27N7O9/c17-6-10(24)21-7(2-1-3-20-16(18)19)13(29)22-8(4-11(25)26)14(30)23-9(15(31)32)5-12(27)28/h7-9H,1-6,17H2,(H,21,24)(H,22,29)(H,23,30)(H,25,26)(H,27,28)(H,31,32)(H4,18,19,20). The van der Waals surface area contributed by atoms with E-state index in [2.05, 4.69) is 15.6 Å². The van der Waals surface area contributed by atoms with Gasteiger partial charge < -0.3 is 48.5 Å². The SMILES string of the molecule is NCC(=O)NC(CCCN=C(N)N)C(=O)NC(CC(=O)O)C(=O)NC(CC(=O)O)C(=O)O. The van der Waals surface area contributed by atoms with Crippen molar-refractivity contribution < 1.29 is 44.1 Å². The zero-order chi connectivity index (χ0) is 24.8. The van der Waals surface area contributed by atoms with Crippen LogP contribution in [0.3, 0.4) is 0 Å². The number of guanidine groups is 1. The summed E-state index contributed by atoms with van der Waals surface area (Å²) in [5.41, 5.74) is 15.6. The van der Waals surface area contributed by atoms with Gasteiger partial charge in [-0.25, -0.2) is 4.79 Å². The van der Waals surface area contributed by atoms with E-state index >= 15 is 0 Å². The van der Waals surface area contributed by atoms with Gasteiger partial charge in [-0.15, -0.1) is 0 Å². The number of nitrogens with one attached hydrogen (secondary N) is 3. The van der Waals surface area contributed by atoms with Crippen LogP contribution < -0.4 is 33.2 Å². The number of nitrogens with zero attached hydrogens (tertiary/aromatic N) is 1. The largest absolute Gasteiger partial charge is 0.481 e. The number of amides is 3. The maximum atomic E-state index is 12.6. The highest BCUT2D eigenvalue weighted by Gasteiger charge is 2.31. The molecule has 0 aromatic carbocycles. The Kier molecular flexibility index (Phi) is 12.4. The molecule has 0 saturated carbocycles. The molecule has 16 heteroatoms. The Morgan fingerprint density at radius 1 is 0.781 bits per heavy atom. The molecule has 16 nitrogen and oxygen atoms in total. The topological polar surface area (TPSA) is 290 Å². The van der Waals surface area contributed by atoms with Gasteiger partial charge in [-0.1, -0.05) is 0 Å². The van der Waals surface area contributed by atoms with Crippen LogP contribution in [-0.2, 0) is 28.8 Å². The molecule has 0 aromatic rings. The Balaban J connectivity index is 5.42. The van der Waals surface area contributed by atoms with Crippen molar-refractivity contribution in [1.29, 1.82) is 0 Å². The van der Waals surface area contributed by atoms with E-state index in [0.717, 1.165) is 0 Å². The monoisotopic (exact) mass is 461 g/mol. The van der Waals surface area contributed by atoms with Gasteiger partial charge >= 0.3 is 17.9 Å². The van der Waals surface area contributed by atoms with Crippen molar-refractivity contribution in [2.24, 2.45) is 22.2 Å². The lowest BCUT2D eigenvalue weighted by atomic mass is 10.1. The molecule has 0 fully saturated rings. The summed E-state index contributed by atoms with van der Waals surface area (Å²) >= 11 is 0. The molecular formula is C16H27N7O9. The zero-order valence-electron chi connectivity index (χ0n) is 16.9. The lowest BCUT2D eigenvalue weighted by molar-refractivity contribution is -0.148. The summed E-state index contributed by atoms with van der Waals surface area (Å²) in [5, 5.41) is 33.1. The average Bonchev–Trinajstić information content (AvgIpc) is 2.67. The van der Waals surface area contributed by atoms with Gasteiger partial charge in [0.15, 0.2) is 5.96 Å². The molecule has 0 aliphatic rings. The van der Waals surface area contributed by atoms with Crippen LogP contribution in [0.4, 0.5) is 0 Å². The van der Waals surface area contributed by atoms with Crippen molar-refractivity contribution in [2.75, 3.05) is 13.1 Å². The number of nitrogens with two attached hydrogens (primary N) is 3. The number of aliphatic imine (C=N–C) groups is 1. The van der Waals surface area contributed by atoms with E-state index < -0.39 is 73.1 Å². The molecular weight excluding hydrogens is 434 g/mol. The van der Waals surface area contributed by atoms with Gasteiger partial charge in [0, 0.05) is 6.54 Å². The molecule has 0 aromatic heterocycles. The predicted molar refractivity (Wildman–Crippen MR) is 107 cm³/mol. The fourth-order valence-corrected chi connectivity index (χ4v) is 2.33. The first-order chi connectivity index (χ1) is 14.9. The van der Waals surface area contributed by atoms with Crippen molar-refractivity contribution in [3.05, 3.63) is 0 Å². The third-order valence-corrected chi connectivity index (χ3v) is 3.79. The van der Waals surface area contributed by atoms with Crippen LogP contribution >= 0.6 is 0 Å². The summed E-state index contributed by atoms with van der Waals surface area (Å²) in [7, 11) is 0. The molecule has 3 amide bonds. The van der Waals surface area contributed by atoms with E-state index in [4.69, 9.17) is 32.5 Å². The van der Waals surface area contributed by atoms with Gasteiger partial charge in [0.25, 0.3) is 0 Å². The van der Waals surface area contributed by atoms with E-state index in [1.807, 2.05) is 5.32 Å². The van der Waals surface area contributed by atoms with Crippen LogP contribution in [-0.4, -0.2) is 88.1 Å². The van der Waals surface area contributed by atoms with Crippen molar-refractivity contribution >= 4 is 41.6 Å². The summed E-state index contributed by atoms with van der Waals surface area (Å²) in [5.74, 6) is -7.80.